The van der Waals surface area contributed by atoms with Gasteiger partial charge >= 0.3 is 6.03 Å². The van der Waals surface area contributed by atoms with Crippen LogP contribution in [0.1, 0.15) is 24.9 Å². The lowest BCUT2D eigenvalue weighted by atomic mass is 9.90. The molecule has 0 aromatic heterocycles. The van der Waals surface area contributed by atoms with Crippen LogP contribution in [0.5, 0.6) is 11.5 Å². The van der Waals surface area contributed by atoms with Gasteiger partial charge in [-0.3, -0.25) is 4.90 Å². The number of rotatable bonds is 2. The average Bonchev–Trinajstić information content (AvgIpc) is 2.54. The molecule has 2 atom stereocenters. The average molecular weight is 310 g/mol. The van der Waals surface area contributed by atoms with Gasteiger partial charge in [0.1, 0.15) is 11.5 Å². The summed E-state index contributed by atoms with van der Waals surface area (Å²) in [5.74, 6) is 1.52. The van der Waals surface area contributed by atoms with Crippen LogP contribution in [-0.4, -0.2) is 18.9 Å². The van der Waals surface area contributed by atoms with Crippen molar-refractivity contribution >= 4 is 11.7 Å². The van der Waals surface area contributed by atoms with Gasteiger partial charge in [0.25, 0.3) is 0 Å². The van der Waals surface area contributed by atoms with Crippen LogP contribution in [0.4, 0.5) is 10.5 Å². The summed E-state index contributed by atoms with van der Waals surface area (Å²) in [6, 6.07) is 15.1. The van der Waals surface area contributed by atoms with Gasteiger partial charge < -0.3 is 14.8 Å². The fourth-order valence-corrected chi connectivity index (χ4v) is 3.46. The number of carbonyl (C=O) groups excluding carboxylic acids is 1. The fraction of sp³-hybridized carbons (Fsp3) is 0.278. The van der Waals surface area contributed by atoms with Gasteiger partial charge in [-0.15, -0.1) is 0 Å². The van der Waals surface area contributed by atoms with Crippen molar-refractivity contribution in [2.75, 3.05) is 12.0 Å². The minimum atomic E-state index is -0.728. The molecule has 2 aromatic carbocycles. The lowest BCUT2D eigenvalue weighted by molar-refractivity contribution is 0.0378. The number of carbonyl (C=O) groups is 1. The summed E-state index contributed by atoms with van der Waals surface area (Å²) in [5.41, 5.74) is 1.05. The number of hydrogen-bond donors (Lipinski definition) is 1. The first-order chi connectivity index (χ1) is 11.1. The first-order valence-corrected chi connectivity index (χ1v) is 7.63. The summed E-state index contributed by atoms with van der Waals surface area (Å²) in [7, 11) is 1.61. The maximum Gasteiger partial charge on any atom is 0.325 e. The molecule has 0 unspecified atom stereocenters. The number of methoxy groups -OCH3 is 1. The van der Waals surface area contributed by atoms with E-state index in [0.29, 0.717) is 12.2 Å². The van der Waals surface area contributed by atoms with Crippen molar-refractivity contribution in [2.45, 2.75) is 25.1 Å². The van der Waals surface area contributed by atoms with Crippen molar-refractivity contribution in [2.24, 2.45) is 0 Å². The minimum Gasteiger partial charge on any atom is -0.497 e. The molecular formula is C18H18N2O3. The second kappa shape index (κ2) is 4.91. The molecule has 1 N–H and O–H groups in total. The summed E-state index contributed by atoms with van der Waals surface area (Å²) in [6.07, 6.45) is 0.687. The molecule has 0 aliphatic carbocycles. The number of nitrogens with one attached hydrogen (secondary N) is 1. The Hall–Kier alpha value is -2.69. The monoisotopic (exact) mass is 310 g/mol. The zero-order valence-electron chi connectivity index (χ0n) is 13.1. The van der Waals surface area contributed by atoms with Crippen LogP contribution < -0.4 is 19.7 Å². The molecule has 118 valence electrons. The van der Waals surface area contributed by atoms with Crippen LogP contribution in [0.25, 0.3) is 0 Å². The van der Waals surface area contributed by atoms with E-state index in [2.05, 4.69) is 5.32 Å². The van der Waals surface area contributed by atoms with Gasteiger partial charge in [0.15, 0.2) is 5.72 Å². The fourth-order valence-electron chi connectivity index (χ4n) is 3.46. The van der Waals surface area contributed by atoms with Crippen LogP contribution in [-0.2, 0) is 0 Å². The number of anilines is 1. The Morgan fingerprint density at radius 3 is 2.91 bits per heavy atom. The largest absolute Gasteiger partial charge is 0.497 e. The van der Waals surface area contributed by atoms with Crippen molar-refractivity contribution in [1.29, 1.82) is 0 Å². The zero-order chi connectivity index (χ0) is 16.0. The molecule has 23 heavy (non-hydrogen) atoms. The number of nitrogens with zero attached hydrogens (tertiary/aromatic N) is 1. The number of para-hydroxylation sites is 1. The van der Waals surface area contributed by atoms with E-state index in [4.69, 9.17) is 9.47 Å². The zero-order valence-corrected chi connectivity index (χ0v) is 13.1. The molecule has 1 fully saturated rings. The summed E-state index contributed by atoms with van der Waals surface area (Å²) in [4.78, 5) is 14.4. The normalized spacial score (nSPS) is 25.2. The number of amides is 2. The van der Waals surface area contributed by atoms with Crippen LogP contribution in [0, 0.1) is 0 Å². The minimum absolute atomic E-state index is 0.0284. The highest BCUT2D eigenvalue weighted by molar-refractivity contribution is 5.95. The number of fused-ring (bicyclic) bond motifs is 4. The molecule has 4 rings (SSSR count). The van der Waals surface area contributed by atoms with Crippen LogP contribution in [0.3, 0.4) is 0 Å². The van der Waals surface area contributed by atoms with Crippen LogP contribution in [0.2, 0.25) is 0 Å². The molecule has 2 aromatic rings. The lowest BCUT2D eigenvalue weighted by Gasteiger charge is -2.50. The van der Waals surface area contributed by atoms with E-state index in [0.717, 1.165) is 17.0 Å². The number of ether oxygens (including phenoxy) is 2. The predicted octanol–water partition coefficient (Wildman–Crippen LogP) is 3.46. The van der Waals surface area contributed by atoms with Gasteiger partial charge in [0, 0.05) is 18.1 Å². The van der Waals surface area contributed by atoms with E-state index >= 15 is 0 Å². The quantitative estimate of drug-likeness (QED) is 0.924. The number of hydrogen-bond acceptors (Lipinski definition) is 3. The SMILES string of the molecule is COc1cccc(N2C(=O)N[C@@H]3C[C@@]2(C)Oc2ccccc23)c1. The molecule has 2 aliphatic heterocycles. The Kier molecular flexibility index (Phi) is 2.98. The highest BCUT2D eigenvalue weighted by Gasteiger charge is 2.49. The first-order valence-electron chi connectivity index (χ1n) is 7.63. The van der Waals surface area contributed by atoms with E-state index in [1.54, 1.807) is 12.0 Å². The molecule has 0 radical (unpaired) electrons. The summed E-state index contributed by atoms with van der Waals surface area (Å²) >= 11 is 0. The van der Waals surface area contributed by atoms with Crippen molar-refractivity contribution in [3.63, 3.8) is 0 Å². The molecule has 0 spiro atoms. The van der Waals surface area contributed by atoms with E-state index in [-0.39, 0.29) is 12.1 Å². The highest BCUT2D eigenvalue weighted by atomic mass is 16.5. The van der Waals surface area contributed by atoms with Gasteiger partial charge in [-0.05, 0) is 25.1 Å². The Labute approximate surface area is 134 Å². The Bertz CT molecular complexity index is 776. The van der Waals surface area contributed by atoms with Crippen LogP contribution >= 0.6 is 0 Å². The van der Waals surface area contributed by atoms with Gasteiger partial charge in [-0.2, -0.15) is 0 Å². The maximum absolute atomic E-state index is 12.7. The number of urea groups is 1. The number of benzene rings is 2. The summed E-state index contributed by atoms with van der Waals surface area (Å²) in [6.45, 7) is 1.95. The highest BCUT2D eigenvalue weighted by Crippen LogP contribution is 2.45. The molecule has 2 bridgehead atoms. The topological polar surface area (TPSA) is 50.8 Å². The maximum atomic E-state index is 12.7. The smallest absolute Gasteiger partial charge is 0.325 e. The summed E-state index contributed by atoms with van der Waals surface area (Å²) in [5, 5.41) is 3.08. The third kappa shape index (κ3) is 2.11. The van der Waals surface area contributed by atoms with Gasteiger partial charge in [0.05, 0.1) is 18.8 Å². The van der Waals surface area contributed by atoms with Crippen molar-refractivity contribution in [3.05, 3.63) is 54.1 Å². The van der Waals surface area contributed by atoms with Crippen LogP contribution in [0.15, 0.2) is 48.5 Å². The van der Waals surface area contributed by atoms with E-state index in [1.807, 2.05) is 55.5 Å². The van der Waals surface area contributed by atoms with Gasteiger partial charge in [-0.1, -0.05) is 24.3 Å². The first kappa shape index (κ1) is 13.9. The second-order valence-electron chi connectivity index (χ2n) is 6.06. The molecule has 2 aliphatic rings. The Morgan fingerprint density at radius 1 is 1.26 bits per heavy atom. The molecular weight excluding hydrogens is 292 g/mol. The van der Waals surface area contributed by atoms with E-state index < -0.39 is 5.72 Å². The molecule has 2 heterocycles. The van der Waals surface area contributed by atoms with Crippen molar-refractivity contribution in [1.82, 2.24) is 5.32 Å². The van der Waals surface area contributed by atoms with Gasteiger partial charge in [-0.25, -0.2) is 4.79 Å². The molecule has 5 heteroatoms. The Morgan fingerprint density at radius 2 is 2.09 bits per heavy atom. The lowest BCUT2D eigenvalue weighted by Crippen LogP contribution is -2.65. The van der Waals surface area contributed by atoms with E-state index in [1.165, 1.54) is 0 Å². The third-order valence-corrected chi connectivity index (χ3v) is 4.49. The van der Waals surface area contributed by atoms with E-state index in [9.17, 15) is 4.79 Å². The molecule has 0 saturated carbocycles. The molecule has 2 amide bonds. The second-order valence-corrected chi connectivity index (χ2v) is 6.06. The Balaban J connectivity index is 1.79. The van der Waals surface area contributed by atoms with Crippen molar-refractivity contribution in [3.8, 4) is 11.5 Å². The summed E-state index contributed by atoms with van der Waals surface area (Å²) < 4.78 is 11.5. The third-order valence-electron chi connectivity index (χ3n) is 4.49. The standard InChI is InChI=1S/C18H18N2O3/c1-18-11-15(14-8-3-4-9-16(14)23-18)19-17(21)20(18)12-6-5-7-13(10-12)22-2/h3-10,15H,11H2,1-2H3,(H,19,21)/t15-,18-/m1/s1. The molecule has 5 nitrogen and oxygen atoms in total. The van der Waals surface area contributed by atoms with Gasteiger partial charge in [0.2, 0.25) is 0 Å². The predicted molar refractivity (Wildman–Crippen MR) is 86.8 cm³/mol. The molecule has 1 saturated heterocycles. The van der Waals surface area contributed by atoms with Crippen molar-refractivity contribution < 1.29 is 14.3 Å².